The van der Waals surface area contributed by atoms with Crippen LogP contribution in [0.5, 0.6) is 0 Å². The van der Waals surface area contributed by atoms with Crippen LogP contribution >= 0.6 is 0 Å². The highest BCUT2D eigenvalue weighted by Crippen LogP contribution is 2.18. The summed E-state index contributed by atoms with van der Waals surface area (Å²) in [5.74, 6) is -0.123. The first-order chi connectivity index (χ1) is 10.0. The third-order valence-corrected chi connectivity index (χ3v) is 4.26. The Kier molecular flexibility index (Phi) is 5.12. The molecule has 1 saturated heterocycles. The number of benzene rings is 1. The number of rotatable bonds is 6. The molecule has 1 aliphatic heterocycles. The molecule has 1 heterocycles. The number of likely N-dealkylation sites (tertiary alicyclic amines) is 1. The van der Waals surface area contributed by atoms with Gasteiger partial charge in [-0.3, -0.25) is 14.5 Å². The van der Waals surface area contributed by atoms with E-state index in [0.29, 0.717) is 6.54 Å². The molecular formula is C17H24N2O2. The predicted molar refractivity (Wildman–Crippen MR) is 82.9 cm³/mol. The van der Waals surface area contributed by atoms with Gasteiger partial charge in [0.2, 0.25) is 11.8 Å². The van der Waals surface area contributed by atoms with E-state index in [0.717, 1.165) is 12.8 Å². The van der Waals surface area contributed by atoms with Gasteiger partial charge in [0.25, 0.3) is 0 Å². The lowest BCUT2D eigenvalue weighted by Crippen LogP contribution is -2.43. The Labute approximate surface area is 126 Å². The standard InChI is InChI=1S/C17H24N2O2/c1-4-13(3)19-16(20)11-15(17(19)21)18-10-9-14-8-6-5-7-12(14)2/h5-8,13,15,18H,4,9-11H2,1-3H3. The van der Waals surface area contributed by atoms with E-state index in [1.165, 1.54) is 16.0 Å². The Bertz CT molecular complexity index is 527. The van der Waals surface area contributed by atoms with Gasteiger partial charge in [0.1, 0.15) is 0 Å². The summed E-state index contributed by atoms with van der Waals surface area (Å²) in [6.45, 7) is 6.71. The summed E-state index contributed by atoms with van der Waals surface area (Å²) in [5.41, 5.74) is 2.54. The fourth-order valence-corrected chi connectivity index (χ4v) is 2.73. The van der Waals surface area contributed by atoms with Crippen molar-refractivity contribution in [1.29, 1.82) is 0 Å². The number of hydrogen-bond acceptors (Lipinski definition) is 3. The minimum atomic E-state index is -0.351. The normalized spacial score (nSPS) is 20.1. The van der Waals surface area contributed by atoms with Crippen molar-refractivity contribution < 1.29 is 9.59 Å². The number of hydrogen-bond donors (Lipinski definition) is 1. The molecule has 0 aromatic heterocycles. The van der Waals surface area contributed by atoms with Gasteiger partial charge in [-0.1, -0.05) is 31.2 Å². The van der Waals surface area contributed by atoms with Crippen LogP contribution in [0.15, 0.2) is 24.3 Å². The molecule has 1 fully saturated rings. The van der Waals surface area contributed by atoms with Crippen molar-refractivity contribution in [2.75, 3.05) is 6.54 Å². The van der Waals surface area contributed by atoms with E-state index in [-0.39, 0.29) is 30.3 Å². The van der Waals surface area contributed by atoms with Gasteiger partial charge >= 0.3 is 0 Å². The molecule has 1 aromatic rings. The lowest BCUT2D eigenvalue weighted by molar-refractivity contribution is -0.141. The van der Waals surface area contributed by atoms with Crippen molar-refractivity contribution in [3.8, 4) is 0 Å². The number of carbonyl (C=O) groups is 2. The van der Waals surface area contributed by atoms with E-state index in [4.69, 9.17) is 0 Å². The highest BCUT2D eigenvalue weighted by molar-refractivity contribution is 6.05. The van der Waals surface area contributed by atoms with Crippen molar-refractivity contribution in [2.24, 2.45) is 0 Å². The minimum absolute atomic E-state index is 0.00633. The van der Waals surface area contributed by atoms with Crippen LogP contribution in [0.1, 0.15) is 37.8 Å². The van der Waals surface area contributed by atoms with Crippen LogP contribution in [-0.4, -0.2) is 35.3 Å². The van der Waals surface area contributed by atoms with Crippen molar-refractivity contribution in [1.82, 2.24) is 10.2 Å². The molecule has 4 nitrogen and oxygen atoms in total. The maximum absolute atomic E-state index is 12.3. The van der Waals surface area contributed by atoms with E-state index >= 15 is 0 Å². The summed E-state index contributed by atoms with van der Waals surface area (Å²) < 4.78 is 0. The Morgan fingerprint density at radius 1 is 1.33 bits per heavy atom. The van der Waals surface area contributed by atoms with Crippen LogP contribution in [-0.2, 0) is 16.0 Å². The smallest absolute Gasteiger partial charge is 0.247 e. The van der Waals surface area contributed by atoms with Gasteiger partial charge in [-0.15, -0.1) is 0 Å². The van der Waals surface area contributed by atoms with Gasteiger partial charge in [-0.25, -0.2) is 0 Å². The van der Waals surface area contributed by atoms with Crippen LogP contribution in [0.2, 0.25) is 0 Å². The quantitative estimate of drug-likeness (QED) is 0.815. The van der Waals surface area contributed by atoms with Gasteiger partial charge in [-0.2, -0.15) is 0 Å². The number of amides is 2. The van der Waals surface area contributed by atoms with Crippen molar-refractivity contribution in [2.45, 2.75) is 52.1 Å². The molecule has 1 aromatic carbocycles. The fourth-order valence-electron chi connectivity index (χ4n) is 2.73. The summed E-state index contributed by atoms with van der Waals surface area (Å²) >= 11 is 0. The molecule has 2 rings (SSSR count). The third-order valence-electron chi connectivity index (χ3n) is 4.26. The highest BCUT2D eigenvalue weighted by Gasteiger charge is 2.40. The number of carbonyl (C=O) groups excluding carboxylic acids is 2. The second-order valence-electron chi connectivity index (χ2n) is 5.75. The van der Waals surface area contributed by atoms with Gasteiger partial charge in [0.05, 0.1) is 12.5 Å². The van der Waals surface area contributed by atoms with Gasteiger partial charge < -0.3 is 5.32 Å². The van der Waals surface area contributed by atoms with Crippen LogP contribution in [0, 0.1) is 6.92 Å². The van der Waals surface area contributed by atoms with Crippen LogP contribution in [0.3, 0.4) is 0 Å². The number of aryl methyl sites for hydroxylation is 1. The molecule has 1 aliphatic rings. The van der Waals surface area contributed by atoms with Crippen molar-refractivity contribution in [3.63, 3.8) is 0 Å². The second kappa shape index (κ2) is 6.85. The molecule has 0 aliphatic carbocycles. The molecule has 2 amide bonds. The molecule has 1 N–H and O–H groups in total. The molecule has 0 spiro atoms. The van der Waals surface area contributed by atoms with Crippen molar-refractivity contribution >= 4 is 11.8 Å². The van der Waals surface area contributed by atoms with E-state index in [9.17, 15) is 9.59 Å². The van der Waals surface area contributed by atoms with Crippen LogP contribution in [0.25, 0.3) is 0 Å². The zero-order valence-corrected chi connectivity index (χ0v) is 13.1. The topological polar surface area (TPSA) is 49.4 Å². The summed E-state index contributed by atoms with van der Waals surface area (Å²) in [7, 11) is 0. The van der Waals surface area contributed by atoms with E-state index < -0.39 is 0 Å². The Balaban J connectivity index is 1.89. The Morgan fingerprint density at radius 3 is 2.71 bits per heavy atom. The fraction of sp³-hybridized carbons (Fsp3) is 0.529. The predicted octanol–water partition coefficient (Wildman–Crippen LogP) is 2.05. The number of nitrogens with one attached hydrogen (secondary N) is 1. The zero-order chi connectivity index (χ0) is 15.4. The molecular weight excluding hydrogens is 264 g/mol. The first-order valence-electron chi connectivity index (χ1n) is 7.68. The minimum Gasteiger partial charge on any atom is -0.305 e. The highest BCUT2D eigenvalue weighted by atomic mass is 16.2. The van der Waals surface area contributed by atoms with Gasteiger partial charge in [0.15, 0.2) is 0 Å². The second-order valence-corrected chi connectivity index (χ2v) is 5.75. The molecule has 4 heteroatoms. The molecule has 0 radical (unpaired) electrons. The Hall–Kier alpha value is -1.68. The van der Waals surface area contributed by atoms with E-state index in [1.807, 2.05) is 26.0 Å². The molecule has 114 valence electrons. The summed E-state index contributed by atoms with van der Waals surface area (Å²) in [5, 5.41) is 3.23. The average molecular weight is 288 g/mol. The zero-order valence-electron chi connectivity index (χ0n) is 13.1. The van der Waals surface area contributed by atoms with Gasteiger partial charge in [-0.05, 0) is 44.4 Å². The maximum Gasteiger partial charge on any atom is 0.247 e. The SMILES string of the molecule is CCC(C)N1C(=O)CC(NCCc2ccccc2C)C1=O. The first-order valence-corrected chi connectivity index (χ1v) is 7.68. The summed E-state index contributed by atoms with van der Waals surface area (Å²) in [6.07, 6.45) is 1.96. The molecule has 0 bridgehead atoms. The summed E-state index contributed by atoms with van der Waals surface area (Å²) in [4.78, 5) is 25.6. The molecule has 21 heavy (non-hydrogen) atoms. The lowest BCUT2D eigenvalue weighted by Gasteiger charge is -2.21. The van der Waals surface area contributed by atoms with E-state index in [1.54, 1.807) is 0 Å². The molecule has 2 atom stereocenters. The molecule has 2 unspecified atom stereocenters. The maximum atomic E-state index is 12.3. The number of imide groups is 1. The van der Waals surface area contributed by atoms with Crippen molar-refractivity contribution in [3.05, 3.63) is 35.4 Å². The molecule has 0 saturated carbocycles. The van der Waals surface area contributed by atoms with Crippen LogP contribution < -0.4 is 5.32 Å². The number of nitrogens with zero attached hydrogens (tertiary/aromatic N) is 1. The lowest BCUT2D eigenvalue weighted by atomic mass is 10.1. The third kappa shape index (κ3) is 3.50. The van der Waals surface area contributed by atoms with E-state index in [2.05, 4.69) is 24.4 Å². The summed E-state index contributed by atoms with van der Waals surface area (Å²) in [6, 6.07) is 7.88. The van der Waals surface area contributed by atoms with Gasteiger partial charge in [0, 0.05) is 6.04 Å². The largest absolute Gasteiger partial charge is 0.305 e. The monoisotopic (exact) mass is 288 g/mol. The van der Waals surface area contributed by atoms with Crippen LogP contribution in [0.4, 0.5) is 0 Å². The first kappa shape index (κ1) is 15.7. The Morgan fingerprint density at radius 2 is 2.05 bits per heavy atom. The average Bonchev–Trinajstić information content (AvgIpc) is 2.75.